The molecule has 1 fully saturated rings. The molecule has 1 saturated heterocycles. The van der Waals surface area contributed by atoms with Crippen molar-refractivity contribution in [3.05, 3.63) is 0 Å². The van der Waals surface area contributed by atoms with Crippen LogP contribution in [0.4, 0.5) is 0 Å². The van der Waals surface area contributed by atoms with Crippen LogP contribution in [0.1, 0.15) is 27.2 Å². The minimum Gasteiger partial charge on any atom is -0.380 e. The van der Waals surface area contributed by atoms with E-state index >= 15 is 0 Å². The van der Waals surface area contributed by atoms with Crippen LogP contribution in [0.3, 0.4) is 0 Å². The lowest BCUT2D eigenvalue weighted by molar-refractivity contribution is 0.184. The molecule has 60 valence electrons. The van der Waals surface area contributed by atoms with E-state index < -0.39 is 0 Å². The van der Waals surface area contributed by atoms with Crippen LogP contribution in [0, 0.1) is 0 Å². The predicted molar refractivity (Wildman–Crippen MR) is 42.1 cm³/mol. The van der Waals surface area contributed by atoms with Crippen molar-refractivity contribution in [3.8, 4) is 0 Å². The summed E-state index contributed by atoms with van der Waals surface area (Å²) in [6.07, 6.45) is 1.16. The van der Waals surface area contributed by atoms with Crippen molar-refractivity contribution >= 4 is 0 Å². The van der Waals surface area contributed by atoms with E-state index in [0.29, 0.717) is 6.04 Å². The molecule has 1 heterocycles. The van der Waals surface area contributed by atoms with Crippen molar-refractivity contribution in [2.75, 3.05) is 13.2 Å². The van der Waals surface area contributed by atoms with Gasteiger partial charge in [0.1, 0.15) is 0 Å². The number of ether oxygens (including phenoxy) is 1. The molecule has 1 rings (SSSR count). The van der Waals surface area contributed by atoms with Crippen LogP contribution < -0.4 is 5.32 Å². The van der Waals surface area contributed by atoms with Crippen LogP contribution in [0.2, 0.25) is 0 Å². The van der Waals surface area contributed by atoms with Gasteiger partial charge in [-0.15, -0.1) is 0 Å². The summed E-state index contributed by atoms with van der Waals surface area (Å²) in [7, 11) is 0. The standard InChI is InChI=1S/C8H17NO/c1-8(2,3)9-7-4-5-10-6-7/h7,9H,4-6H2,1-3H3/t7-/m1/s1. The molecule has 1 aliphatic rings. The Hall–Kier alpha value is -0.0800. The highest BCUT2D eigenvalue weighted by molar-refractivity contribution is 4.79. The minimum absolute atomic E-state index is 0.234. The van der Waals surface area contributed by atoms with E-state index in [9.17, 15) is 0 Å². The highest BCUT2D eigenvalue weighted by Gasteiger charge is 2.20. The normalized spacial score (nSPS) is 27.3. The zero-order valence-electron chi connectivity index (χ0n) is 7.11. The van der Waals surface area contributed by atoms with Crippen molar-refractivity contribution in [1.29, 1.82) is 0 Å². The second-order valence-electron chi connectivity index (χ2n) is 3.95. The Morgan fingerprint density at radius 3 is 2.50 bits per heavy atom. The average molecular weight is 143 g/mol. The second kappa shape index (κ2) is 2.89. The lowest BCUT2D eigenvalue weighted by atomic mass is 10.1. The van der Waals surface area contributed by atoms with E-state index in [-0.39, 0.29) is 5.54 Å². The van der Waals surface area contributed by atoms with Gasteiger partial charge < -0.3 is 10.1 Å². The van der Waals surface area contributed by atoms with Gasteiger partial charge in [0.2, 0.25) is 0 Å². The van der Waals surface area contributed by atoms with E-state index in [2.05, 4.69) is 26.1 Å². The Bertz CT molecular complexity index is 100. The summed E-state index contributed by atoms with van der Waals surface area (Å²) in [5.74, 6) is 0. The van der Waals surface area contributed by atoms with E-state index in [1.165, 1.54) is 0 Å². The summed E-state index contributed by atoms with van der Waals surface area (Å²) in [6, 6.07) is 0.583. The largest absolute Gasteiger partial charge is 0.380 e. The fraction of sp³-hybridized carbons (Fsp3) is 1.00. The molecule has 1 N–H and O–H groups in total. The molecule has 0 bridgehead atoms. The van der Waals surface area contributed by atoms with Crippen LogP contribution in [0.5, 0.6) is 0 Å². The topological polar surface area (TPSA) is 21.3 Å². The summed E-state index contributed by atoms with van der Waals surface area (Å²) in [6.45, 7) is 8.37. The fourth-order valence-electron chi connectivity index (χ4n) is 1.26. The fourth-order valence-corrected chi connectivity index (χ4v) is 1.26. The van der Waals surface area contributed by atoms with Crippen molar-refractivity contribution < 1.29 is 4.74 Å². The maximum Gasteiger partial charge on any atom is 0.0620 e. The molecule has 0 radical (unpaired) electrons. The van der Waals surface area contributed by atoms with Gasteiger partial charge in [-0.25, -0.2) is 0 Å². The van der Waals surface area contributed by atoms with Gasteiger partial charge >= 0.3 is 0 Å². The van der Waals surface area contributed by atoms with Gasteiger partial charge in [0.15, 0.2) is 0 Å². The van der Waals surface area contributed by atoms with Crippen LogP contribution in [-0.2, 0) is 4.74 Å². The molecule has 0 aromatic heterocycles. The number of nitrogens with one attached hydrogen (secondary N) is 1. The molecule has 1 aliphatic heterocycles. The first kappa shape index (κ1) is 8.02. The molecule has 2 heteroatoms. The molecule has 0 aromatic carbocycles. The number of rotatable bonds is 1. The molecule has 0 unspecified atom stereocenters. The first-order valence-corrected chi connectivity index (χ1v) is 3.93. The van der Waals surface area contributed by atoms with E-state index in [4.69, 9.17) is 4.74 Å². The predicted octanol–water partition coefficient (Wildman–Crippen LogP) is 1.16. The molecule has 10 heavy (non-hydrogen) atoms. The van der Waals surface area contributed by atoms with Gasteiger partial charge in [0, 0.05) is 18.2 Å². The Morgan fingerprint density at radius 1 is 1.40 bits per heavy atom. The second-order valence-corrected chi connectivity index (χ2v) is 3.95. The summed E-state index contributed by atoms with van der Waals surface area (Å²) in [4.78, 5) is 0. The number of hydrogen-bond donors (Lipinski definition) is 1. The molecule has 2 nitrogen and oxygen atoms in total. The molecule has 1 atom stereocenters. The van der Waals surface area contributed by atoms with Crippen molar-refractivity contribution in [2.45, 2.75) is 38.8 Å². The minimum atomic E-state index is 0.234. The summed E-state index contributed by atoms with van der Waals surface area (Å²) in [5, 5.41) is 3.49. The van der Waals surface area contributed by atoms with Crippen LogP contribution in [-0.4, -0.2) is 24.8 Å². The first-order valence-electron chi connectivity index (χ1n) is 3.93. The molecule has 0 aliphatic carbocycles. The van der Waals surface area contributed by atoms with Crippen LogP contribution in [0.25, 0.3) is 0 Å². The summed E-state index contributed by atoms with van der Waals surface area (Å²) in [5.41, 5.74) is 0.234. The Kier molecular flexibility index (Phi) is 2.32. The van der Waals surface area contributed by atoms with Gasteiger partial charge in [0.05, 0.1) is 6.61 Å². The van der Waals surface area contributed by atoms with Gasteiger partial charge in [-0.3, -0.25) is 0 Å². The van der Waals surface area contributed by atoms with Gasteiger partial charge in [-0.1, -0.05) is 0 Å². The van der Waals surface area contributed by atoms with Gasteiger partial charge in [-0.05, 0) is 27.2 Å². The third-order valence-corrected chi connectivity index (χ3v) is 1.57. The Balaban J connectivity index is 2.24. The van der Waals surface area contributed by atoms with Crippen molar-refractivity contribution in [1.82, 2.24) is 5.32 Å². The molecular weight excluding hydrogens is 126 g/mol. The maximum absolute atomic E-state index is 5.24. The maximum atomic E-state index is 5.24. The Labute approximate surface area is 63.0 Å². The average Bonchev–Trinajstić information content (AvgIpc) is 2.12. The van der Waals surface area contributed by atoms with E-state index in [1.54, 1.807) is 0 Å². The van der Waals surface area contributed by atoms with Crippen LogP contribution >= 0.6 is 0 Å². The molecule has 0 aromatic rings. The summed E-state index contributed by atoms with van der Waals surface area (Å²) < 4.78 is 5.24. The highest BCUT2D eigenvalue weighted by Crippen LogP contribution is 2.08. The van der Waals surface area contributed by atoms with Crippen LogP contribution in [0.15, 0.2) is 0 Å². The SMILES string of the molecule is CC(C)(C)N[C@@H]1CCOC1. The zero-order valence-corrected chi connectivity index (χ0v) is 7.11. The van der Waals surface area contributed by atoms with Gasteiger partial charge in [0.25, 0.3) is 0 Å². The summed E-state index contributed by atoms with van der Waals surface area (Å²) >= 11 is 0. The van der Waals surface area contributed by atoms with Crippen molar-refractivity contribution in [3.63, 3.8) is 0 Å². The molecule has 0 spiro atoms. The molecular formula is C8H17NO. The third kappa shape index (κ3) is 2.67. The Morgan fingerprint density at radius 2 is 2.10 bits per heavy atom. The molecule has 0 amide bonds. The van der Waals surface area contributed by atoms with Gasteiger partial charge in [-0.2, -0.15) is 0 Å². The smallest absolute Gasteiger partial charge is 0.0620 e. The third-order valence-electron chi connectivity index (χ3n) is 1.57. The lowest BCUT2D eigenvalue weighted by Crippen LogP contribution is -2.43. The zero-order chi connectivity index (χ0) is 7.61. The molecule has 0 saturated carbocycles. The monoisotopic (exact) mass is 143 g/mol. The van der Waals surface area contributed by atoms with Crippen molar-refractivity contribution in [2.24, 2.45) is 0 Å². The lowest BCUT2D eigenvalue weighted by Gasteiger charge is -2.24. The highest BCUT2D eigenvalue weighted by atomic mass is 16.5. The van der Waals surface area contributed by atoms with E-state index in [0.717, 1.165) is 19.6 Å². The number of hydrogen-bond acceptors (Lipinski definition) is 2. The van der Waals surface area contributed by atoms with E-state index in [1.807, 2.05) is 0 Å². The first-order chi connectivity index (χ1) is 4.58. The quantitative estimate of drug-likeness (QED) is 0.595.